The molecule has 25 heavy (non-hydrogen) atoms. The van der Waals surface area contributed by atoms with E-state index in [4.69, 9.17) is 0 Å². The second kappa shape index (κ2) is 7.45. The third-order valence-corrected chi connectivity index (χ3v) is 4.32. The molecule has 1 unspecified atom stereocenters. The first-order valence-corrected chi connectivity index (χ1v) is 8.19. The molecule has 0 aliphatic carbocycles. The predicted octanol–water partition coefficient (Wildman–Crippen LogP) is 1.92. The predicted molar refractivity (Wildman–Crippen MR) is 91.9 cm³/mol. The fourth-order valence-electron chi connectivity index (χ4n) is 2.87. The maximum atomic E-state index is 12.6. The summed E-state index contributed by atoms with van der Waals surface area (Å²) >= 11 is 0. The monoisotopic (exact) mass is 348 g/mol. The number of aryl methyl sites for hydroxylation is 2. The summed E-state index contributed by atoms with van der Waals surface area (Å²) in [6.07, 6.45) is 2.52. The number of aromatic nitrogens is 4. The standard InChI is InChI=1S/C16H24N6O3/c1-6-21-13(4)15(12(3)18-21)10-19(5)16(23)11(2)8-20-9-14(7-17-20)22(24)25/h7,9,11H,6,8,10H2,1-5H3. The van der Waals surface area contributed by atoms with Gasteiger partial charge in [0.25, 0.3) is 0 Å². The molecule has 0 saturated heterocycles. The average Bonchev–Trinajstić information content (AvgIpc) is 3.13. The van der Waals surface area contributed by atoms with Crippen molar-refractivity contribution in [1.82, 2.24) is 24.5 Å². The van der Waals surface area contributed by atoms with Crippen LogP contribution in [-0.4, -0.2) is 42.3 Å². The van der Waals surface area contributed by atoms with Crippen molar-refractivity contribution in [3.8, 4) is 0 Å². The lowest BCUT2D eigenvalue weighted by molar-refractivity contribution is -0.385. The molecule has 0 spiro atoms. The highest BCUT2D eigenvalue weighted by atomic mass is 16.6. The van der Waals surface area contributed by atoms with Crippen LogP contribution >= 0.6 is 0 Å². The number of carbonyl (C=O) groups is 1. The summed E-state index contributed by atoms with van der Waals surface area (Å²) in [5, 5.41) is 19.1. The molecule has 0 N–H and O–H groups in total. The van der Waals surface area contributed by atoms with Gasteiger partial charge in [0.2, 0.25) is 5.91 Å². The van der Waals surface area contributed by atoms with E-state index in [1.165, 1.54) is 17.1 Å². The van der Waals surface area contributed by atoms with Gasteiger partial charge in [0.05, 0.1) is 23.1 Å². The van der Waals surface area contributed by atoms with Gasteiger partial charge < -0.3 is 4.90 Å². The van der Waals surface area contributed by atoms with Gasteiger partial charge in [-0.15, -0.1) is 0 Å². The summed E-state index contributed by atoms with van der Waals surface area (Å²) < 4.78 is 3.36. The van der Waals surface area contributed by atoms with Crippen molar-refractivity contribution in [2.24, 2.45) is 5.92 Å². The second-order valence-electron chi connectivity index (χ2n) is 6.24. The van der Waals surface area contributed by atoms with Crippen molar-refractivity contribution in [2.45, 2.75) is 47.3 Å². The Bertz CT molecular complexity index is 779. The second-order valence-corrected chi connectivity index (χ2v) is 6.24. The molecular weight excluding hydrogens is 324 g/mol. The molecule has 2 rings (SSSR count). The number of nitro groups is 1. The summed E-state index contributed by atoms with van der Waals surface area (Å²) in [5.41, 5.74) is 2.97. The summed E-state index contributed by atoms with van der Waals surface area (Å²) in [7, 11) is 1.76. The minimum atomic E-state index is -0.501. The number of carbonyl (C=O) groups excluding carboxylic acids is 1. The summed E-state index contributed by atoms with van der Waals surface area (Å²) in [4.78, 5) is 24.5. The molecule has 0 radical (unpaired) electrons. The zero-order valence-electron chi connectivity index (χ0n) is 15.3. The van der Waals surface area contributed by atoms with Crippen LogP contribution in [0.5, 0.6) is 0 Å². The van der Waals surface area contributed by atoms with Crippen molar-refractivity contribution in [2.75, 3.05) is 7.05 Å². The first-order valence-electron chi connectivity index (χ1n) is 8.19. The average molecular weight is 348 g/mol. The molecule has 0 fully saturated rings. The van der Waals surface area contributed by atoms with Crippen molar-refractivity contribution in [3.05, 3.63) is 39.5 Å². The summed E-state index contributed by atoms with van der Waals surface area (Å²) in [5.74, 6) is -0.382. The zero-order valence-corrected chi connectivity index (χ0v) is 15.3. The first-order chi connectivity index (χ1) is 11.7. The van der Waals surface area contributed by atoms with Crippen LogP contribution in [0.2, 0.25) is 0 Å². The van der Waals surface area contributed by atoms with Crippen molar-refractivity contribution < 1.29 is 9.72 Å². The third kappa shape index (κ3) is 4.04. The van der Waals surface area contributed by atoms with E-state index >= 15 is 0 Å². The fraction of sp³-hybridized carbons (Fsp3) is 0.562. The van der Waals surface area contributed by atoms with Gasteiger partial charge in [-0.05, 0) is 20.8 Å². The molecular formula is C16H24N6O3. The van der Waals surface area contributed by atoms with Gasteiger partial charge in [-0.3, -0.25) is 24.3 Å². The van der Waals surface area contributed by atoms with E-state index in [2.05, 4.69) is 10.2 Å². The van der Waals surface area contributed by atoms with Gasteiger partial charge >= 0.3 is 5.69 Å². The normalized spacial score (nSPS) is 12.2. The Kier molecular flexibility index (Phi) is 5.55. The highest BCUT2D eigenvalue weighted by Gasteiger charge is 2.22. The van der Waals surface area contributed by atoms with Gasteiger partial charge in [-0.25, -0.2) is 0 Å². The van der Waals surface area contributed by atoms with Crippen LogP contribution < -0.4 is 0 Å². The molecule has 1 atom stereocenters. The molecule has 0 aromatic carbocycles. The van der Waals surface area contributed by atoms with E-state index in [0.717, 1.165) is 23.5 Å². The van der Waals surface area contributed by atoms with Crippen LogP contribution in [0.25, 0.3) is 0 Å². The number of amides is 1. The van der Waals surface area contributed by atoms with E-state index in [1.807, 2.05) is 25.5 Å². The highest BCUT2D eigenvalue weighted by Crippen LogP contribution is 2.17. The highest BCUT2D eigenvalue weighted by molar-refractivity contribution is 5.78. The van der Waals surface area contributed by atoms with Crippen LogP contribution in [0.15, 0.2) is 12.4 Å². The quantitative estimate of drug-likeness (QED) is 0.562. The Morgan fingerprint density at radius 2 is 2.12 bits per heavy atom. The maximum Gasteiger partial charge on any atom is 0.306 e. The molecule has 2 aromatic rings. The van der Waals surface area contributed by atoms with Crippen molar-refractivity contribution >= 4 is 11.6 Å². The largest absolute Gasteiger partial charge is 0.341 e. The molecule has 9 heteroatoms. The van der Waals surface area contributed by atoms with E-state index in [9.17, 15) is 14.9 Å². The molecule has 136 valence electrons. The number of rotatable bonds is 7. The molecule has 1 amide bonds. The van der Waals surface area contributed by atoms with Crippen LogP contribution in [0.4, 0.5) is 5.69 Å². The van der Waals surface area contributed by atoms with Crippen LogP contribution in [0.1, 0.15) is 30.8 Å². The lowest BCUT2D eigenvalue weighted by Crippen LogP contribution is -2.33. The van der Waals surface area contributed by atoms with Gasteiger partial charge in [-0.2, -0.15) is 10.2 Å². The maximum absolute atomic E-state index is 12.6. The molecule has 2 aromatic heterocycles. The minimum absolute atomic E-state index is 0.0406. The van der Waals surface area contributed by atoms with Crippen LogP contribution in [0.3, 0.4) is 0 Å². The SMILES string of the molecule is CCn1nc(C)c(CN(C)C(=O)C(C)Cn2cc([N+](=O)[O-])cn2)c1C. The molecule has 9 nitrogen and oxygen atoms in total. The third-order valence-electron chi connectivity index (χ3n) is 4.32. The number of hydrogen-bond donors (Lipinski definition) is 0. The van der Waals surface area contributed by atoms with Crippen LogP contribution in [-0.2, 0) is 24.4 Å². The van der Waals surface area contributed by atoms with Gasteiger partial charge in [0.15, 0.2) is 0 Å². The van der Waals surface area contributed by atoms with E-state index in [0.29, 0.717) is 13.1 Å². The van der Waals surface area contributed by atoms with Crippen molar-refractivity contribution in [3.63, 3.8) is 0 Å². The van der Waals surface area contributed by atoms with Gasteiger partial charge in [-0.1, -0.05) is 6.92 Å². The van der Waals surface area contributed by atoms with E-state index in [-0.39, 0.29) is 17.5 Å². The lowest BCUT2D eigenvalue weighted by Gasteiger charge is -2.21. The molecule has 0 bridgehead atoms. The molecule has 0 aliphatic rings. The summed E-state index contributed by atoms with van der Waals surface area (Å²) in [6.45, 7) is 9.34. The molecule has 0 aliphatic heterocycles. The number of hydrogen-bond acceptors (Lipinski definition) is 5. The Morgan fingerprint density at radius 1 is 1.44 bits per heavy atom. The Morgan fingerprint density at radius 3 is 2.64 bits per heavy atom. The minimum Gasteiger partial charge on any atom is -0.341 e. The topological polar surface area (TPSA) is 99.1 Å². The smallest absolute Gasteiger partial charge is 0.306 e. The molecule has 2 heterocycles. The van der Waals surface area contributed by atoms with E-state index in [1.54, 1.807) is 18.9 Å². The zero-order chi connectivity index (χ0) is 18.7. The van der Waals surface area contributed by atoms with Crippen molar-refractivity contribution in [1.29, 1.82) is 0 Å². The lowest BCUT2D eigenvalue weighted by atomic mass is 10.1. The molecule has 0 saturated carbocycles. The Hall–Kier alpha value is -2.71. The first kappa shape index (κ1) is 18.6. The Balaban J connectivity index is 2.03. The number of nitrogens with zero attached hydrogens (tertiary/aromatic N) is 6. The Labute approximate surface area is 146 Å². The van der Waals surface area contributed by atoms with Crippen LogP contribution in [0, 0.1) is 29.9 Å². The summed E-state index contributed by atoms with van der Waals surface area (Å²) in [6, 6.07) is 0. The van der Waals surface area contributed by atoms with Gasteiger partial charge in [0, 0.05) is 31.4 Å². The van der Waals surface area contributed by atoms with E-state index < -0.39 is 4.92 Å². The van der Waals surface area contributed by atoms with Gasteiger partial charge in [0.1, 0.15) is 12.4 Å². The fourth-order valence-corrected chi connectivity index (χ4v) is 2.87.